The number of nitrogens with one attached hydrogen (secondary N) is 1. The number of alkyl halides is 3. The molecule has 302 valence electrons. The number of nitrogen functional groups attached to an aromatic ring is 1. The van der Waals surface area contributed by atoms with Gasteiger partial charge in [-0.3, -0.25) is 19.3 Å². The Bertz CT molecular complexity index is 3160. The topological polar surface area (TPSA) is 169 Å². The number of hydrogen-bond donors (Lipinski definition) is 2. The number of para-hydroxylation sites is 2. The van der Waals surface area contributed by atoms with Crippen LogP contribution in [0, 0.1) is 0 Å². The van der Waals surface area contributed by atoms with E-state index in [1.165, 1.54) is 24.5 Å². The molecule has 0 amide bonds. The SMILES string of the molecule is Cn1nccc1N.Cn1nccc1Nc1ccc2cncc(-c3cc4ccccc4o3)c2c1.O=S(=O)(Oc1ccc2cncc(-c3cc4ccccc4o3)c2c1)C(F)(F)F. The van der Waals surface area contributed by atoms with Crippen LogP contribution < -0.4 is 15.2 Å². The van der Waals surface area contributed by atoms with Gasteiger partial charge in [-0.1, -0.05) is 42.5 Å². The molecule has 10 aromatic rings. The van der Waals surface area contributed by atoms with E-state index in [2.05, 4.69) is 53.9 Å². The molecule has 17 heteroatoms. The predicted octanol–water partition coefficient (Wildman–Crippen LogP) is 10.0. The van der Waals surface area contributed by atoms with E-state index in [0.29, 0.717) is 33.5 Å². The average molecular weight is 831 g/mol. The molecule has 10 rings (SSSR count). The Morgan fingerprint density at radius 1 is 0.650 bits per heavy atom. The second-order valence-corrected chi connectivity index (χ2v) is 14.9. The van der Waals surface area contributed by atoms with Gasteiger partial charge in [0.1, 0.15) is 40.1 Å². The van der Waals surface area contributed by atoms with Crippen molar-refractivity contribution in [3.8, 4) is 28.4 Å². The Morgan fingerprint density at radius 3 is 1.70 bits per heavy atom. The molecule has 0 saturated heterocycles. The lowest BCUT2D eigenvalue weighted by atomic mass is 10.0. The minimum absolute atomic E-state index is 0.443. The monoisotopic (exact) mass is 830 g/mol. The number of halogens is 3. The number of benzene rings is 4. The lowest BCUT2D eigenvalue weighted by Gasteiger charge is -2.10. The molecule has 0 aliphatic rings. The molecule has 0 spiro atoms. The van der Waals surface area contributed by atoms with Crippen LogP contribution in [0.2, 0.25) is 0 Å². The van der Waals surface area contributed by atoms with Gasteiger partial charge in [-0.15, -0.1) is 0 Å². The van der Waals surface area contributed by atoms with Crippen molar-refractivity contribution in [3.05, 3.63) is 146 Å². The number of aromatic nitrogens is 6. The van der Waals surface area contributed by atoms with Gasteiger partial charge in [0.15, 0.2) is 0 Å². The number of aryl methyl sites for hydroxylation is 2. The van der Waals surface area contributed by atoms with Crippen LogP contribution >= 0.6 is 0 Å². The normalized spacial score (nSPS) is 11.6. The fourth-order valence-electron chi connectivity index (χ4n) is 6.26. The summed E-state index contributed by atoms with van der Waals surface area (Å²) in [5.74, 6) is 2.44. The molecule has 60 heavy (non-hydrogen) atoms. The molecular weight excluding hydrogens is 798 g/mol. The van der Waals surface area contributed by atoms with E-state index in [4.69, 9.17) is 14.6 Å². The second-order valence-electron chi connectivity index (χ2n) is 13.3. The van der Waals surface area contributed by atoms with Crippen LogP contribution in [0.5, 0.6) is 5.75 Å². The van der Waals surface area contributed by atoms with Crippen LogP contribution in [0.1, 0.15) is 0 Å². The molecule has 3 N–H and O–H groups in total. The summed E-state index contributed by atoms with van der Waals surface area (Å²) in [4.78, 5) is 8.49. The summed E-state index contributed by atoms with van der Waals surface area (Å²) in [7, 11) is -2.05. The van der Waals surface area contributed by atoms with Gasteiger partial charge in [-0.05, 0) is 71.4 Å². The smallest absolute Gasteiger partial charge is 0.456 e. The minimum Gasteiger partial charge on any atom is -0.456 e. The molecule has 0 fully saturated rings. The van der Waals surface area contributed by atoms with Crippen molar-refractivity contribution in [2.45, 2.75) is 5.51 Å². The lowest BCUT2D eigenvalue weighted by Crippen LogP contribution is -2.28. The molecule has 6 heterocycles. The zero-order valence-electron chi connectivity index (χ0n) is 31.7. The van der Waals surface area contributed by atoms with Crippen molar-refractivity contribution in [2.75, 3.05) is 11.1 Å². The summed E-state index contributed by atoms with van der Waals surface area (Å²) in [5, 5.41) is 16.5. The van der Waals surface area contributed by atoms with E-state index in [9.17, 15) is 21.6 Å². The lowest BCUT2D eigenvalue weighted by molar-refractivity contribution is -0.0500. The first-order chi connectivity index (χ1) is 28.8. The second kappa shape index (κ2) is 15.9. The van der Waals surface area contributed by atoms with Crippen LogP contribution in [0.15, 0.2) is 155 Å². The molecule has 4 aromatic carbocycles. The number of hydrogen-bond acceptors (Lipinski definition) is 11. The summed E-state index contributed by atoms with van der Waals surface area (Å²) in [6.45, 7) is 0. The van der Waals surface area contributed by atoms with Gasteiger partial charge in [0.25, 0.3) is 0 Å². The van der Waals surface area contributed by atoms with Crippen LogP contribution in [0.25, 0.3) is 66.1 Å². The molecular formula is C43H33F3N8O5S. The minimum atomic E-state index is -5.76. The molecule has 0 saturated carbocycles. The number of rotatable bonds is 6. The van der Waals surface area contributed by atoms with Crippen molar-refractivity contribution < 1.29 is 34.6 Å². The first-order valence-corrected chi connectivity index (χ1v) is 19.5. The van der Waals surface area contributed by atoms with Crippen LogP contribution in [0.4, 0.5) is 30.5 Å². The number of fused-ring (bicyclic) bond motifs is 4. The maximum atomic E-state index is 12.6. The molecule has 0 unspecified atom stereocenters. The van der Waals surface area contributed by atoms with E-state index in [0.717, 1.165) is 56.0 Å². The third-order valence-corrected chi connectivity index (χ3v) is 10.3. The van der Waals surface area contributed by atoms with Gasteiger partial charge in [0.05, 0.1) is 12.4 Å². The highest BCUT2D eigenvalue weighted by molar-refractivity contribution is 7.88. The zero-order chi connectivity index (χ0) is 42.0. The van der Waals surface area contributed by atoms with Gasteiger partial charge < -0.3 is 24.1 Å². The zero-order valence-corrected chi connectivity index (χ0v) is 32.5. The predicted molar refractivity (Wildman–Crippen MR) is 224 cm³/mol. The summed E-state index contributed by atoms with van der Waals surface area (Å²) >= 11 is 0. The standard InChI is InChI=1S/C21H16N4O.C18H10F3NO4S.C4H7N3/c1-25-21(8-9-23-25)24-16-7-6-15-12-22-13-18(17(15)11-16)20-10-14-4-2-3-5-19(14)26-20;19-18(20,21)27(23,24)26-13-6-5-12-9-22-10-15(14(12)8-13)17-7-11-3-1-2-4-16(11)25-17;1-7-4(5)2-3-6-7/h2-13,24H,1H3;1-10H;2-3H,5H2,1H3. The summed E-state index contributed by atoms with van der Waals surface area (Å²) in [5.41, 5.74) is 3.81. The molecule has 0 atom stereocenters. The maximum absolute atomic E-state index is 12.6. The first-order valence-electron chi connectivity index (χ1n) is 18.1. The van der Waals surface area contributed by atoms with E-state index >= 15 is 0 Å². The van der Waals surface area contributed by atoms with E-state index in [1.54, 1.807) is 47.0 Å². The number of pyridine rings is 2. The van der Waals surface area contributed by atoms with Gasteiger partial charge in [-0.25, -0.2) is 0 Å². The quantitative estimate of drug-likeness (QED) is 0.121. The largest absolute Gasteiger partial charge is 0.534 e. The highest BCUT2D eigenvalue weighted by atomic mass is 32.2. The molecule has 0 bridgehead atoms. The fraction of sp³-hybridized carbons (Fsp3) is 0.0698. The van der Waals surface area contributed by atoms with Gasteiger partial charge in [-0.2, -0.15) is 31.8 Å². The van der Waals surface area contributed by atoms with Crippen LogP contribution in [0.3, 0.4) is 0 Å². The molecule has 0 aliphatic heterocycles. The highest BCUT2D eigenvalue weighted by Crippen LogP contribution is 2.36. The van der Waals surface area contributed by atoms with E-state index in [1.807, 2.05) is 68.0 Å². The molecule has 0 aliphatic carbocycles. The number of nitrogens with zero attached hydrogens (tertiary/aromatic N) is 6. The highest BCUT2D eigenvalue weighted by Gasteiger charge is 2.48. The fourth-order valence-corrected chi connectivity index (χ4v) is 6.71. The average Bonchev–Trinajstić information content (AvgIpc) is 4.05. The van der Waals surface area contributed by atoms with Gasteiger partial charge >= 0.3 is 15.6 Å². The van der Waals surface area contributed by atoms with Gasteiger partial charge in [0.2, 0.25) is 0 Å². The van der Waals surface area contributed by atoms with Crippen molar-refractivity contribution in [3.63, 3.8) is 0 Å². The van der Waals surface area contributed by atoms with E-state index < -0.39 is 21.4 Å². The summed E-state index contributed by atoms with van der Waals surface area (Å²) in [6.07, 6.45) is 10.2. The van der Waals surface area contributed by atoms with Crippen molar-refractivity contribution >= 4 is 70.9 Å². The Labute approximate surface area is 339 Å². The van der Waals surface area contributed by atoms with Crippen LogP contribution in [-0.4, -0.2) is 43.5 Å². The van der Waals surface area contributed by atoms with Crippen LogP contribution in [-0.2, 0) is 24.2 Å². The van der Waals surface area contributed by atoms with Crippen molar-refractivity contribution in [2.24, 2.45) is 14.1 Å². The number of nitrogens with two attached hydrogens (primary N) is 1. The van der Waals surface area contributed by atoms with E-state index in [-0.39, 0.29) is 0 Å². The molecule has 13 nitrogen and oxygen atoms in total. The molecule has 6 aromatic heterocycles. The van der Waals surface area contributed by atoms with Crippen molar-refractivity contribution in [1.29, 1.82) is 0 Å². The Morgan fingerprint density at radius 2 is 1.20 bits per heavy atom. The van der Waals surface area contributed by atoms with Crippen molar-refractivity contribution in [1.82, 2.24) is 29.5 Å². The third kappa shape index (κ3) is 8.19. The maximum Gasteiger partial charge on any atom is 0.534 e. The number of furan rings is 2. The Balaban J connectivity index is 0.000000143. The third-order valence-electron chi connectivity index (χ3n) is 9.32. The summed E-state index contributed by atoms with van der Waals surface area (Å²) < 4.78 is 79.6. The molecule has 0 radical (unpaired) electrons. The number of anilines is 3. The Hall–Kier alpha value is -7.66. The van der Waals surface area contributed by atoms with Gasteiger partial charge in [0, 0.05) is 83.3 Å². The Kier molecular flexibility index (Phi) is 10.4. The first kappa shape index (κ1) is 39.2. The summed E-state index contributed by atoms with van der Waals surface area (Å²) in [6, 6.07) is 32.8.